The number of amides is 1. The number of nitrogens with zero attached hydrogens (tertiary/aromatic N) is 7. The molecular weight excluding hydrogens is 430 g/mol. The Bertz CT molecular complexity index is 1160. The molecule has 1 spiro atoms. The van der Waals surface area contributed by atoms with Crippen LogP contribution in [0.15, 0.2) is 24.7 Å². The largest absolute Gasteiger partial charge is 0.444 e. The molecule has 1 amide bonds. The molecule has 0 bridgehead atoms. The van der Waals surface area contributed by atoms with E-state index in [1.165, 1.54) is 5.56 Å². The molecule has 178 valence electrons. The number of ether oxygens (including phenoxy) is 1. The highest BCUT2D eigenvalue weighted by atomic mass is 16.6. The maximum atomic E-state index is 12.8. The molecule has 2 aromatic rings. The molecule has 1 saturated heterocycles. The third-order valence-corrected chi connectivity index (χ3v) is 6.94. The first-order valence-electron chi connectivity index (χ1n) is 11.9. The molecule has 9 nitrogen and oxygen atoms in total. The first kappa shape index (κ1) is 22.4. The number of hydrogen-bond acceptors (Lipinski definition) is 8. The molecule has 3 aliphatic rings. The van der Waals surface area contributed by atoms with Crippen LogP contribution < -0.4 is 9.80 Å². The van der Waals surface area contributed by atoms with Crippen LogP contribution in [0.5, 0.6) is 0 Å². The Morgan fingerprint density at radius 3 is 2.56 bits per heavy atom. The lowest BCUT2D eigenvalue weighted by molar-refractivity contribution is 0.0129. The molecule has 2 fully saturated rings. The monoisotopic (exact) mass is 461 g/mol. The van der Waals surface area contributed by atoms with E-state index < -0.39 is 5.60 Å². The van der Waals surface area contributed by atoms with Crippen LogP contribution in [-0.4, -0.2) is 63.3 Å². The maximum Gasteiger partial charge on any atom is 0.410 e. The third kappa shape index (κ3) is 3.81. The van der Waals surface area contributed by atoms with Crippen LogP contribution in [0.25, 0.3) is 0 Å². The molecule has 2 aromatic heterocycles. The van der Waals surface area contributed by atoms with E-state index in [9.17, 15) is 10.1 Å². The summed E-state index contributed by atoms with van der Waals surface area (Å²) in [5.74, 6) is 2.56. The first-order valence-corrected chi connectivity index (χ1v) is 11.9. The molecule has 4 heterocycles. The number of carbonyl (C=O) groups is 1. The fraction of sp³-hybridized carbons (Fsp3) is 0.560. The zero-order valence-electron chi connectivity index (χ0n) is 20.4. The highest BCUT2D eigenvalue weighted by molar-refractivity contribution is 5.76. The van der Waals surface area contributed by atoms with Crippen LogP contribution in [0.3, 0.4) is 0 Å². The Balaban J connectivity index is 1.46. The molecule has 0 unspecified atom stereocenters. The smallest absolute Gasteiger partial charge is 0.410 e. The second-order valence-corrected chi connectivity index (χ2v) is 10.8. The van der Waals surface area contributed by atoms with Crippen LogP contribution >= 0.6 is 0 Å². The summed E-state index contributed by atoms with van der Waals surface area (Å²) in [6, 6.07) is 5.79. The van der Waals surface area contributed by atoms with Crippen molar-refractivity contribution in [2.45, 2.75) is 70.6 Å². The van der Waals surface area contributed by atoms with E-state index in [1.54, 1.807) is 18.6 Å². The van der Waals surface area contributed by atoms with Gasteiger partial charge in [-0.2, -0.15) is 5.26 Å². The predicted octanol–water partition coefficient (Wildman–Crippen LogP) is 3.76. The molecule has 2 aliphatic heterocycles. The molecule has 5 rings (SSSR count). The quantitative estimate of drug-likeness (QED) is 0.667. The van der Waals surface area contributed by atoms with Gasteiger partial charge in [0.15, 0.2) is 0 Å². The second-order valence-electron chi connectivity index (χ2n) is 10.8. The Morgan fingerprint density at radius 1 is 1.15 bits per heavy atom. The Morgan fingerprint density at radius 2 is 1.88 bits per heavy atom. The van der Waals surface area contributed by atoms with Crippen molar-refractivity contribution >= 4 is 23.5 Å². The van der Waals surface area contributed by atoms with Crippen LogP contribution in [0.4, 0.5) is 22.2 Å². The zero-order chi connectivity index (χ0) is 24.3. The predicted molar refractivity (Wildman–Crippen MR) is 128 cm³/mol. The number of nitriles is 1. The Labute approximate surface area is 200 Å². The van der Waals surface area contributed by atoms with Crippen molar-refractivity contribution in [3.63, 3.8) is 0 Å². The normalized spacial score (nSPS) is 23.0. The fourth-order valence-corrected chi connectivity index (χ4v) is 5.10. The standard InChI is InChI=1S/C25H31N7O2/c1-16-13-31(23(33)34-24(3,4)5)17(2)12-30(16)21-20-22(29-15-28-21)32(14-25(20)7-8-25)19-10-18(11-26)6-9-27-19/h6,9-10,15-17H,7-8,12-14H2,1-5H3/t16-,17+/m1/s1. The second kappa shape index (κ2) is 7.83. The van der Waals surface area contributed by atoms with Crippen molar-refractivity contribution in [2.24, 2.45) is 0 Å². The van der Waals surface area contributed by atoms with Crippen molar-refractivity contribution in [3.8, 4) is 6.07 Å². The summed E-state index contributed by atoms with van der Waals surface area (Å²) < 4.78 is 5.64. The molecule has 0 radical (unpaired) electrons. The van der Waals surface area contributed by atoms with Gasteiger partial charge in [-0.15, -0.1) is 0 Å². The molecule has 0 N–H and O–H groups in total. The van der Waals surface area contributed by atoms with Crippen LogP contribution in [-0.2, 0) is 10.2 Å². The first-order chi connectivity index (χ1) is 16.1. The topological polar surface area (TPSA) is 98.5 Å². The maximum absolute atomic E-state index is 12.8. The average molecular weight is 462 g/mol. The molecule has 1 saturated carbocycles. The minimum absolute atomic E-state index is 0.0154. The number of piperazine rings is 1. The van der Waals surface area contributed by atoms with Crippen molar-refractivity contribution < 1.29 is 9.53 Å². The molecule has 0 aromatic carbocycles. The van der Waals surface area contributed by atoms with Crippen LogP contribution in [0, 0.1) is 11.3 Å². The van der Waals surface area contributed by atoms with E-state index >= 15 is 0 Å². The van der Waals surface area contributed by atoms with Crippen molar-refractivity contribution in [2.75, 3.05) is 29.4 Å². The number of fused-ring (bicyclic) bond motifs is 2. The van der Waals surface area contributed by atoms with Gasteiger partial charge >= 0.3 is 6.09 Å². The summed E-state index contributed by atoms with van der Waals surface area (Å²) in [5, 5.41) is 9.34. The molecular formula is C25H31N7O2. The van der Waals surface area contributed by atoms with Crippen molar-refractivity contribution in [1.82, 2.24) is 19.9 Å². The van der Waals surface area contributed by atoms with E-state index in [0.29, 0.717) is 18.7 Å². The SMILES string of the molecule is C[C@@H]1CN(C(=O)OC(C)(C)C)[C@@H](C)CN1c1ncnc2c1C1(CC1)CN2c1cc(C#N)ccn1. The summed E-state index contributed by atoms with van der Waals surface area (Å²) in [4.78, 5) is 33.0. The van der Waals surface area contributed by atoms with Gasteiger partial charge in [0.2, 0.25) is 0 Å². The minimum atomic E-state index is -0.524. The summed E-state index contributed by atoms with van der Waals surface area (Å²) in [7, 11) is 0. The van der Waals surface area contributed by atoms with Gasteiger partial charge in [-0.25, -0.2) is 19.7 Å². The summed E-state index contributed by atoms with van der Waals surface area (Å²) in [6.07, 6.45) is 5.18. The summed E-state index contributed by atoms with van der Waals surface area (Å²) >= 11 is 0. The number of anilines is 3. The van der Waals surface area contributed by atoms with Gasteiger partial charge < -0.3 is 19.4 Å². The third-order valence-electron chi connectivity index (χ3n) is 6.94. The lowest BCUT2D eigenvalue weighted by Crippen LogP contribution is -2.59. The van der Waals surface area contributed by atoms with Gasteiger partial charge in [0.25, 0.3) is 0 Å². The number of rotatable bonds is 2. The fourth-order valence-electron chi connectivity index (χ4n) is 5.10. The zero-order valence-corrected chi connectivity index (χ0v) is 20.4. The highest BCUT2D eigenvalue weighted by Crippen LogP contribution is 2.59. The highest BCUT2D eigenvalue weighted by Gasteiger charge is 2.56. The number of carbonyl (C=O) groups excluding carboxylic acids is 1. The number of hydrogen-bond donors (Lipinski definition) is 0. The van der Waals surface area contributed by atoms with Gasteiger partial charge in [0.05, 0.1) is 11.6 Å². The number of pyridine rings is 1. The lowest BCUT2D eigenvalue weighted by Gasteiger charge is -2.45. The van der Waals surface area contributed by atoms with E-state index in [1.807, 2.05) is 31.7 Å². The molecule has 2 atom stereocenters. The average Bonchev–Trinajstić information content (AvgIpc) is 3.49. The van der Waals surface area contributed by atoms with Crippen LogP contribution in [0.2, 0.25) is 0 Å². The van der Waals surface area contributed by atoms with E-state index in [-0.39, 0.29) is 23.6 Å². The molecule has 34 heavy (non-hydrogen) atoms. The van der Waals surface area contributed by atoms with Gasteiger partial charge in [-0.05, 0) is 59.6 Å². The van der Waals surface area contributed by atoms with Crippen LogP contribution in [0.1, 0.15) is 58.6 Å². The van der Waals surface area contributed by atoms with Crippen molar-refractivity contribution in [1.29, 1.82) is 5.26 Å². The van der Waals surface area contributed by atoms with Gasteiger partial charge in [0.1, 0.15) is 29.4 Å². The van der Waals surface area contributed by atoms with E-state index in [0.717, 1.165) is 36.8 Å². The number of aromatic nitrogens is 3. The van der Waals surface area contributed by atoms with E-state index in [4.69, 9.17) is 9.72 Å². The Kier molecular flexibility index (Phi) is 5.15. The van der Waals surface area contributed by atoms with Gasteiger partial charge in [0, 0.05) is 48.9 Å². The minimum Gasteiger partial charge on any atom is -0.444 e. The van der Waals surface area contributed by atoms with Crippen molar-refractivity contribution in [3.05, 3.63) is 35.8 Å². The van der Waals surface area contributed by atoms with Gasteiger partial charge in [-0.3, -0.25) is 0 Å². The molecule has 9 heteroatoms. The molecule has 1 aliphatic carbocycles. The summed E-state index contributed by atoms with van der Waals surface area (Å²) in [6.45, 7) is 11.9. The van der Waals surface area contributed by atoms with E-state index in [2.05, 4.69) is 39.7 Å². The Hall–Kier alpha value is -3.41. The summed E-state index contributed by atoms with van der Waals surface area (Å²) in [5.41, 5.74) is 1.24. The van der Waals surface area contributed by atoms with Gasteiger partial charge in [-0.1, -0.05) is 0 Å². The lowest BCUT2D eigenvalue weighted by atomic mass is 9.98.